The third-order valence-electron chi connectivity index (χ3n) is 3.83. The molecule has 0 spiro atoms. The van der Waals surface area contributed by atoms with Crippen molar-refractivity contribution in [3.05, 3.63) is 59.6 Å². The van der Waals surface area contributed by atoms with Crippen molar-refractivity contribution in [2.75, 3.05) is 7.11 Å². The van der Waals surface area contributed by atoms with Crippen LogP contribution in [-0.4, -0.2) is 18.0 Å². The average molecular weight is 310 g/mol. The number of aryl methyl sites for hydroxylation is 1. The number of rotatable bonds is 4. The molecule has 3 aromatic rings. The first-order valence-corrected chi connectivity index (χ1v) is 7.38. The van der Waals surface area contributed by atoms with Gasteiger partial charge in [0, 0.05) is 17.8 Å². The Balaban J connectivity index is 1.93. The van der Waals surface area contributed by atoms with Crippen molar-refractivity contribution < 1.29 is 13.9 Å². The molecule has 1 aromatic carbocycles. The highest BCUT2D eigenvalue weighted by atomic mass is 16.5. The number of hydrogen-bond acceptors (Lipinski definition) is 4. The molecule has 2 heterocycles. The maximum Gasteiger partial charge on any atom is 0.255 e. The fourth-order valence-electron chi connectivity index (χ4n) is 2.59. The van der Waals surface area contributed by atoms with E-state index >= 15 is 0 Å². The Morgan fingerprint density at radius 1 is 1.35 bits per heavy atom. The highest BCUT2D eigenvalue weighted by Gasteiger charge is 2.20. The summed E-state index contributed by atoms with van der Waals surface area (Å²) >= 11 is 0. The van der Waals surface area contributed by atoms with Crippen LogP contribution in [0.1, 0.15) is 34.6 Å². The summed E-state index contributed by atoms with van der Waals surface area (Å²) in [7, 11) is 1.60. The normalized spacial score (nSPS) is 12.1. The van der Waals surface area contributed by atoms with Crippen molar-refractivity contribution >= 4 is 16.9 Å². The van der Waals surface area contributed by atoms with E-state index in [0.717, 1.165) is 10.9 Å². The second-order valence-corrected chi connectivity index (χ2v) is 5.38. The van der Waals surface area contributed by atoms with Crippen molar-refractivity contribution in [3.8, 4) is 5.75 Å². The molecule has 118 valence electrons. The lowest BCUT2D eigenvalue weighted by Crippen LogP contribution is -2.27. The Kier molecular flexibility index (Phi) is 4.02. The van der Waals surface area contributed by atoms with Gasteiger partial charge < -0.3 is 14.5 Å². The summed E-state index contributed by atoms with van der Waals surface area (Å²) in [6.45, 7) is 3.71. The van der Waals surface area contributed by atoms with Crippen LogP contribution in [0.25, 0.3) is 11.0 Å². The quantitative estimate of drug-likeness (QED) is 0.799. The first-order valence-electron chi connectivity index (χ1n) is 7.38. The molecule has 23 heavy (non-hydrogen) atoms. The summed E-state index contributed by atoms with van der Waals surface area (Å²) in [5, 5.41) is 3.74. The van der Waals surface area contributed by atoms with Crippen molar-refractivity contribution in [2.45, 2.75) is 19.9 Å². The van der Waals surface area contributed by atoms with Crippen molar-refractivity contribution in [2.24, 2.45) is 0 Å². The molecule has 0 aliphatic heterocycles. The smallest absolute Gasteiger partial charge is 0.255 e. The van der Waals surface area contributed by atoms with Crippen LogP contribution in [0.5, 0.6) is 5.75 Å². The van der Waals surface area contributed by atoms with Gasteiger partial charge in [-0.3, -0.25) is 9.78 Å². The Hall–Kier alpha value is -2.82. The zero-order valence-electron chi connectivity index (χ0n) is 13.3. The number of aromatic nitrogens is 1. The fourth-order valence-corrected chi connectivity index (χ4v) is 2.59. The number of nitrogens with zero attached hydrogens (tertiary/aromatic N) is 1. The summed E-state index contributed by atoms with van der Waals surface area (Å²) in [5.74, 6) is 1.10. The summed E-state index contributed by atoms with van der Waals surface area (Å²) in [6.07, 6.45) is 3.45. The van der Waals surface area contributed by atoms with Gasteiger partial charge in [-0.2, -0.15) is 0 Å². The van der Waals surface area contributed by atoms with Crippen LogP contribution in [0.4, 0.5) is 0 Å². The predicted molar refractivity (Wildman–Crippen MR) is 87.6 cm³/mol. The van der Waals surface area contributed by atoms with E-state index in [1.54, 1.807) is 26.4 Å². The number of methoxy groups -OCH3 is 1. The van der Waals surface area contributed by atoms with Gasteiger partial charge in [0.25, 0.3) is 5.91 Å². The Bertz CT molecular complexity index is 840. The van der Waals surface area contributed by atoms with E-state index < -0.39 is 0 Å². The predicted octanol–water partition coefficient (Wildman–Crippen LogP) is 3.64. The van der Waals surface area contributed by atoms with Gasteiger partial charge in [-0.25, -0.2) is 0 Å². The summed E-state index contributed by atoms with van der Waals surface area (Å²) in [6, 6.07) is 9.07. The second kappa shape index (κ2) is 6.12. The number of ether oxygens (including phenoxy) is 1. The summed E-state index contributed by atoms with van der Waals surface area (Å²) < 4.78 is 10.9. The van der Waals surface area contributed by atoms with Gasteiger partial charge in [0.2, 0.25) is 0 Å². The Morgan fingerprint density at radius 2 is 2.17 bits per heavy atom. The maximum absolute atomic E-state index is 12.7. The molecule has 5 heteroatoms. The Labute approximate surface area is 134 Å². The topological polar surface area (TPSA) is 64.4 Å². The minimum atomic E-state index is -0.175. The van der Waals surface area contributed by atoms with E-state index in [2.05, 4.69) is 10.3 Å². The molecule has 0 aliphatic rings. The van der Waals surface area contributed by atoms with Gasteiger partial charge in [0.1, 0.15) is 17.1 Å². The number of pyridine rings is 1. The average Bonchev–Trinajstić information content (AvgIpc) is 2.90. The van der Waals surface area contributed by atoms with Crippen molar-refractivity contribution in [3.63, 3.8) is 0 Å². The van der Waals surface area contributed by atoms with Crippen LogP contribution < -0.4 is 10.1 Å². The van der Waals surface area contributed by atoms with Gasteiger partial charge in [0.15, 0.2) is 0 Å². The molecule has 1 amide bonds. The first-order chi connectivity index (χ1) is 11.1. The molecule has 1 N–H and O–H groups in total. The summed E-state index contributed by atoms with van der Waals surface area (Å²) in [5.41, 5.74) is 2.15. The van der Waals surface area contributed by atoms with Crippen LogP contribution in [0, 0.1) is 6.92 Å². The lowest BCUT2D eigenvalue weighted by Gasteiger charge is -2.13. The largest absolute Gasteiger partial charge is 0.497 e. The van der Waals surface area contributed by atoms with Crippen LogP contribution in [0.3, 0.4) is 0 Å². The SMILES string of the molecule is COc1ccc2oc(C)c(C(=O)N[C@@H](C)c3cccnc3)c2c1. The molecule has 0 aliphatic carbocycles. The van der Waals surface area contributed by atoms with Gasteiger partial charge in [0.05, 0.1) is 18.7 Å². The van der Waals surface area contributed by atoms with E-state index in [0.29, 0.717) is 22.7 Å². The lowest BCUT2D eigenvalue weighted by molar-refractivity contribution is 0.0940. The number of carbonyl (C=O) groups excluding carboxylic acids is 1. The molecule has 3 rings (SSSR count). The van der Waals surface area contributed by atoms with Crippen LogP contribution >= 0.6 is 0 Å². The highest BCUT2D eigenvalue weighted by molar-refractivity contribution is 6.07. The van der Waals surface area contributed by atoms with Gasteiger partial charge in [-0.05, 0) is 43.7 Å². The van der Waals surface area contributed by atoms with E-state index in [9.17, 15) is 4.79 Å². The fraction of sp³-hybridized carbons (Fsp3) is 0.222. The molecule has 0 fully saturated rings. The van der Waals surface area contributed by atoms with Crippen LogP contribution in [-0.2, 0) is 0 Å². The third-order valence-corrected chi connectivity index (χ3v) is 3.83. The molecule has 2 aromatic heterocycles. The van der Waals surface area contributed by atoms with Crippen molar-refractivity contribution in [1.29, 1.82) is 0 Å². The number of fused-ring (bicyclic) bond motifs is 1. The summed E-state index contributed by atoms with van der Waals surface area (Å²) in [4.78, 5) is 16.8. The molecular formula is C18H18N2O3. The highest BCUT2D eigenvalue weighted by Crippen LogP contribution is 2.29. The molecule has 0 radical (unpaired) electrons. The molecule has 5 nitrogen and oxygen atoms in total. The van der Waals surface area contributed by atoms with Crippen LogP contribution in [0.2, 0.25) is 0 Å². The number of furan rings is 1. The first kappa shape index (κ1) is 15.1. The number of carbonyl (C=O) groups is 1. The molecule has 0 unspecified atom stereocenters. The molecular weight excluding hydrogens is 292 g/mol. The minimum Gasteiger partial charge on any atom is -0.497 e. The van der Waals surface area contributed by atoms with E-state index in [1.165, 1.54) is 0 Å². The maximum atomic E-state index is 12.7. The molecule has 1 atom stereocenters. The van der Waals surface area contributed by atoms with Crippen LogP contribution in [0.15, 0.2) is 47.1 Å². The third kappa shape index (κ3) is 2.90. The second-order valence-electron chi connectivity index (χ2n) is 5.38. The number of benzene rings is 1. The zero-order chi connectivity index (χ0) is 16.4. The van der Waals surface area contributed by atoms with Gasteiger partial charge >= 0.3 is 0 Å². The zero-order valence-corrected chi connectivity index (χ0v) is 13.3. The van der Waals surface area contributed by atoms with Crippen molar-refractivity contribution in [1.82, 2.24) is 10.3 Å². The minimum absolute atomic E-state index is 0.147. The molecule has 0 saturated heterocycles. The van der Waals surface area contributed by atoms with Gasteiger partial charge in [-0.15, -0.1) is 0 Å². The monoisotopic (exact) mass is 310 g/mol. The lowest BCUT2D eigenvalue weighted by atomic mass is 10.1. The van der Waals surface area contributed by atoms with E-state index in [1.807, 2.05) is 37.3 Å². The molecule has 0 saturated carbocycles. The Morgan fingerprint density at radius 3 is 2.87 bits per heavy atom. The van der Waals surface area contributed by atoms with E-state index in [4.69, 9.17) is 9.15 Å². The standard InChI is InChI=1S/C18H18N2O3/c1-11(13-5-4-8-19-10-13)20-18(21)17-12(2)23-16-7-6-14(22-3)9-15(16)17/h4-11H,1-3H3,(H,20,21)/t11-/m0/s1. The number of amides is 1. The van der Waals surface area contributed by atoms with Gasteiger partial charge in [-0.1, -0.05) is 6.07 Å². The number of nitrogens with one attached hydrogen (secondary N) is 1. The molecule has 0 bridgehead atoms. The van der Waals surface area contributed by atoms with E-state index in [-0.39, 0.29) is 11.9 Å². The number of hydrogen-bond donors (Lipinski definition) is 1.